The molecular weight excluding hydrogens is 834 g/mol. The van der Waals surface area contributed by atoms with Crippen molar-refractivity contribution in [1.29, 1.82) is 0 Å². The Morgan fingerprint density at radius 1 is 0.656 bits per heavy atom. The number of benzene rings is 4. The van der Waals surface area contributed by atoms with E-state index in [1.54, 1.807) is 0 Å². The topological polar surface area (TPSA) is 170 Å². The molecule has 0 bridgehead atoms. The minimum absolute atomic E-state index is 0. The largest absolute Gasteiger partial charge is 1.00 e. The van der Waals surface area contributed by atoms with Crippen LogP contribution in [0, 0.1) is 23.7 Å². The first kappa shape index (κ1) is 49.2. The molecule has 2 saturated heterocycles. The van der Waals surface area contributed by atoms with Crippen LogP contribution >= 0.6 is 0 Å². The lowest BCUT2D eigenvalue weighted by molar-refractivity contribution is -0.415. The first-order chi connectivity index (χ1) is 30.6. The first-order valence-electron chi connectivity index (χ1n) is 21.7. The van der Waals surface area contributed by atoms with Crippen molar-refractivity contribution in [3.8, 4) is 11.5 Å². The van der Waals surface area contributed by atoms with Crippen molar-refractivity contribution in [3.05, 3.63) is 162 Å². The molecule has 0 saturated carbocycles. The minimum atomic E-state index is -1.06. The number of hydrogen-bond acceptors (Lipinski definition) is 10. The second-order valence-electron chi connectivity index (χ2n) is 16.4. The third kappa shape index (κ3) is 14.1. The smallest absolute Gasteiger partial charge is 0.367 e. The predicted molar refractivity (Wildman–Crippen MR) is 238 cm³/mol. The maximum Gasteiger partial charge on any atom is 0.367 e. The Labute approximate surface area is 382 Å². The number of aromatic hydroxyl groups is 1. The number of pyridine rings is 1. The van der Waals surface area contributed by atoms with Crippen LogP contribution < -0.4 is 28.2 Å². The highest BCUT2D eigenvalue weighted by atomic mass is 35.5. The second-order valence-corrected chi connectivity index (χ2v) is 16.4. The molecule has 8 atom stereocenters. The van der Waals surface area contributed by atoms with Crippen molar-refractivity contribution in [3.63, 3.8) is 0 Å². The van der Waals surface area contributed by atoms with Gasteiger partial charge in [-0.15, -0.1) is 0 Å². The molecule has 5 N–H and O–H groups in total. The number of carbonyl (C=O) groups excluding carboxylic acids is 3. The standard InChI is InChI=1S/C29H32N2O6.C22H27NO3.ClH/c1-19-23(16-21-11-7-4-8-12-21)22(15-20-9-5-3-6-10-20)17-36-18-24(29(34)37-19)31-28(33)26-27(32)25(35-2)13-14-30-26;1-16-20(13-18-10-6-3-7-11-18)19(12-17-8-4-2-5-9-17)14-25-15-21(23)22(24)26-16;/h3-14,19,22-24,32H,15-18H2,1-2H3,(H,31,33);2-11,16,19-21H,12-15,23H2,1H3;1H/t19-,22-,23-,24-;16-,19-,20-,21-;/m00./s1. The number of quaternary nitrogens is 1. The third-order valence-electron chi connectivity index (χ3n) is 11.8. The number of carbonyl (C=O) groups is 3. The molecule has 2 aliphatic rings. The van der Waals surface area contributed by atoms with E-state index in [-0.39, 0.29) is 66.2 Å². The van der Waals surface area contributed by atoms with E-state index in [1.165, 1.54) is 36.1 Å². The molecule has 12 nitrogen and oxygen atoms in total. The molecule has 3 heterocycles. The number of nitrogens with one attached hydrogen (secondary N) is 1. The minimum Gasteiger partial charge on any atom is -1.00 e. The number of ether oxygens (including phenoxy) is 5. The van der Waals surface area contributed by atoms with Gasteiger partial charge >= 0.3 is 11.9 Å². The van der Waals surface area contributed by atoms with Gasteiger partial charge in [0.05, 0.1) is 26.9 Å². The Morgan fingerprint density at radius 3 is 1.53 bits per heavy atom. The van der Waals surface area contributed by atoms with Gasteiger partial charge in [-0.2, -0.15) is 0 Å². The van der Waals surface area contributed by atoms with E-state index in [2.05, 4.69) is 88.8 Å². The summed E-state index contributed by atoms with van der Waals surface area (Å²) in [5, 5.41) is 12.9. The Hall–Kier alpha value is -5.79. The van der Waals surface area contributed by atoms with Crippen molar-refractivity contribution >= 4 is 17.8 Å². The monoisotopic (exact) mass is 893 g/mol. The van der Waals surface area contributed by atoms with Crippen LogP contribution in [0.3, 0.4) is 0 Å². The zero-order chi connectivity index (χ0) is 44.6. The fraction of sp³-hybridized carbons (Fsp3) is 0.373. The third-order valence-corrected chi connectivity index (χ3v) is 11.8. The van der Waals surface area contributed by atoms with Crippen LogP contribution in [-0.4, -0.2) is 85.8 Å². The van der Waals surface area contributed by atoms with Crippen LogP contribution in [-0.2, 0) is 54.2 Å². The predicted octanol–water partition coefficient (Wildman–Crippen LogP) is 2.85. The highest BCUT2D eigenvalue weighted by Gasteiger charge is 2.36. The van der Waals surface area contributed by atoms with Gasteiger partial charge in [0.1, 0.15) is 18.8 Å². The summed E-state index contributed by atoms with van der Waals surface area (Å²) < 4.78 is 28.6. The lowest BCUT2D eigenvalue weighted by Crippen LogP contribution is -3.00. The Kier molecular flexibility index (Phi) is 19.1. The average Bonchev–Trinajstić information content (AvgIpc) is 3.37. The summed E-state index contributed by atoms with van der Waals surface area (Å²) in [5.41, 5.74) is 8.49. The van der Waals surface area contributed by atoms with Gasteiger partial charge in [-0.25, -0.2) is 14.6 Å². The molecule has 340 valence electrons. The molecule has 0 spiro atoms. The van der Waals surface area contributed by atoms with Gasteiger partial charge in [-0.3, -0.25) is 4.79 Å². The number of cyclic esters (lactones) is 2. The van der Waals surface area contributed by atoms with Crippen molar-refractivity contribution in [2.75, 3.05) is 33.5 Å². The second kappa shape index (κ2) is 24.9. The van der Waals surface area contributed by atoms with E-state index in [4.69, 9.17) is 23.7 Å². The summed E-state index contributed by atoms with van der Waals surface area (Å²) in [4.78, 5) is 42.2. The molecular formula is C51H60ClN3O9. The molecule has 0 aliphatic carbocycles. The van der Waals surface area contributed by atoms with Gasteiger partial charge in [0.2, 0.25) is 6.04 Å². The van der Waals surface area contributed by atoms with Crippen molar-refractivity contribution < 1.29 is 61.3 Å². The molecule has 7 rings (SSSR count). The fourth-order valence-electron chi connectivity index (χ4n) is 8.35. The van der Waals surface area contributed by atoms with Gasteiger partial charge in [0.25, 0.3) is 5.91 Å². The summed E-state index contributed by atoms with van der Waals surface area (Å²) in [5.74, 6) is -1.37. The van der Waals surface area contributed by atoms with Crippen LogP contribution in [0.25, 0.3) is 0 Å². The lowest BCUT2D eigenvalue weighted by atomic mass is 9.80. The van der Waals surface area contributed by atoms with Crippen LogP contribution in [0.15, 0.2) is 134 Å². The van der Waals surface area contributed by atoms with E-state index in [0.717, 1.165) is 31.2 Å². The summed E-state index contributed by atoms with van der Waals surface area (Å²) in [6.45, 7) is 5.15. The Balaban J connectivity index is 0.000000251. The highest BCUT2D eigenvalue weighted by Crippen LogP contribution is 2.31. The number of rotatable bonds is 11. The molecule has 4 aromatic carbocycles. The number of aromatic nitrogens is 1. The zero-order valence-corrected chi connectivity index (χ0v) is 37.5. The van der Waals surface area contributed by atoms with Gasteiger partial charge < -0.3 is 52.2 Å². The number of hydrogen-bond donors (Lipinski definition) is 3. The van der Waals surface area contributed by atoms with E-state index in [9.17, 15) is 19.5 Å². The molecule has 64 heavy (non-hydrogen) atoms. The number of esters is 2. The normalized spacial score (nSPS) is 23.8. The fourth-order valence-corrected chi connectivity index (χ4v) is 8.35. The number of amides is 1. The molecule has 2 aliphatic heterocycles. The number of nitrogens with zero attached hydrogens (tertiary/aromatic N) is 1. The van der Waals surface area contributed by atoms with E-state index in [0.29, 0.717) is 19.8 Å². The van der Waals surface area contributed by atoms with E-state index >= 15 is 0 Å². The van der Waals surface area contributed by atoms with Crippen LogP contribution in [0.1, 0.15) is 46.6 Å². The van der Waals surface area contributed by atoms with Gasteiger partial charge in [0, 0.05) is 24.1 Å². The lowest BCUT2D eigenvalue weighted by Gasteiger charge is -2.31. The molecule has 0 unspecified atom stereocenters. The first-order valence-corrected chi connectivity index (χ1v) is 21.7. The Morgan fingerprint density at radius 2 is 1.08 bits per heavy atom. The molecule has 13 heteroatoms. The van der Waals surface area contributed by atoms with Crippen LogP contribution in [0.5, 0.6) is 11.5 Å². The zero-order valence-electron chi connectivity index (χ0n) is 36.7. The molecule has 0 radical (unpaired) electrons. The summed E-state index contributed by atoms with van der Waals surface area (Å²) in [7, 11) is 1.37. The quantitative estimate of drug-likeness (QED) is 0.168. The molecule has 1 aromatic heterocycles. The number of halogens is 1. The maximum atomic E-state index is 13.1. The van der Waals surface area contributed by atoms with Crippen molar-refractivity contribution in [1.82, 2.24) is 10.3 Å². The number of methoxy groups -OCH3 is 1. The Bertz CT molecular complexity index is 2190. The molecule has 5 aromatic rings. The molecule has 2 fully saturated rings. The average molecular weight is 895 g/mol. The highest BCUT2D eigenvalue weighted by molar-refractivity contribution is 5.98. The SMILES string of the molecule is COc1ccnc(C(=O)N[C@H]2COC[C@H](Cc3ccccc3)[C@@H](Cc3ccccc3)[C@H](C)OC2=O)c1O.C[C@@H]1OC(=O)[C@@H]([NH3+])COC[C@H](Cc2ccccc2)[C@H]1Cc1ccccc1.[Cl-]. The summed E-state index contributed by atoms with van der Waals surface area (Å²) in [6, 6.07) is 41.0. The van der Waals surface area contributed by atoms with Crippen molar-refractivity contribution in [2.24, 2.45) is 23.7 Å². The summed E-state index contributed by atoms with van der Waals surface area (Å²) in [6.07, 6.45) is 3.98. The van der Waals surface area contributed by atoms with E-state index in [1.807, 2.05) is 62.4 Å². The van der Waals surface area contributed by atoms with Crippen molar-refractivity contribution in [2.45, 2.75) is 63.8 Å². The van der Waals surface area contributed by atoms with Gasteiger partial charge in [-0.1, -0.05) is 121 Å². The summed E-state index contributed by atoms with van der Waals surface area (Å²) >= 11 is 0. The van der Waals surface area contributed by atoms with Crippen LogP contribution in [0.4, 0.5) is 0 Å². The van der Waals surface area contributed by atoms with Gasteiger partial charge in [-0.05, 0) is 73.6 Å². The maximum absolute atomic E-state index is 13.1. The van der Waals surface area contributed by atoms with Crippen LogP contribution in [0.2, 0.25) is 0 Å². The van der Waals surface area contributed by atoms with Gasteiger partial charge in [0.15, 0.2) is 23.2 Å². The molecule has 1 amide bonds. The van der Waals surface area contributed by atoms with E-state index < -0.39 is 35.8 Å².